The molecule has 0 heterocycles. The molecule has 0 aliphatic heterocycles. The Morgan fingerprint density at radius 1 is 1.35 bits per heavy atom. The second-order valence-corrected chi connectivity index (χ2v) is 5.64. The summed E-state index contributed by atoms with van der Waals surface area (Å²) >= 11 is 17.7. The number of hydrazone groups is 1. The molecular weight excluding hydrogens is 282 g/mol. The fraction of sp³-hybridized carbons (Fsp3) is 0.364. The minimum Gasteiger partial charge on any atom is -0.395 e. The van der Waals surface area contributed by atoms with E-state index in [0.29, 0.717) is 0 Å². The number of alkyl halides is 3. The highest BCUT2D eigenvalue weighted by Crippen LogP contribution is 2.26. The van der Waals surface area contributed by atoms with Crippen molar-refractivity contribution in [2.24, 2.45) is 5.10 Å². The Morgan fingerprint density at radius 2 is 2.00 bits per heavy atom. The minimum absolute atomic E-state index is 0.178. The van der Waals surface area contributed by atoms with E-state index in [4.69, 9.17) is 39.9 Å². The number of hydrogen-bond donors (Lipinski definition) is 2. The van der Waals surface area contributed by atoms with Gasteiger partial charge < -0.3 is 5.11 Å². The zero-order chi connectivity index (χ0) is 12.7. The molecule has 6 heteroatoms. The lowest BCUT2D eigenvalue weighted by atomic mass is 10.2. The summed E-state index contributed by atoms with van der Waals surface area (Å²) in [5.74, 6) is 0. The molecule has 0 amide bonds. The van der Waals surface area contributed by atoms with Crippen LogP contribution in [0.3, 0.4) is 0 Å². The Labute approximate surface area is 115 Å². The van der Waals surface area contributed by atoms with Crippen LogP contribution >= 0.6 is 34.8 Å². The molecular formula is C11H13Cl3N2O. The Morgan fingerprint density at radius 3 is 2.59 bits per heavy atom. The maximum absolute atomic E-state index is 8.79. The number of aliphatic hydroxyl groups is 1. The zero-order valence-electron chi connectivity index (χ0n) is 8.98. The summed E-state index contributed by atoms with van der Waals surface area (Å²) in [6, 6.07) is 9.39. The van der Waals surface area contributed by atoms with Crippen LogP contribution < -0.4 is 5.43 Å². The van der Waals surface area contributed by atoms with Crippen LogP contribution in [0.4, 0.5) is 5.69 Å². The molecule has 0 radical (unpaired) electrons. The molecule has 0 aromatic heterocycles. The van der Waals surface area contributed by atoms with Crippen LogP contribution in [0, 0.1) is 0 Å². The third-order valence-corrected chi connectivity index (χ3v) is 2.71. The van der Waals surface area contributed by atoms with Crippen LogP contribution in [-0.4, -0.2) is 27.6 Å². The number of aliphatic hydroxyl groups excluding tert-OH is 1. The molecule has 0 saturated heterocycles. The Kier molecular flexibility index (Phi) is 6.06. The average Bonchev–Trinajstić information content (AvgIpc) is 2.29. The number of para-hydroxylation sites is 1. The summed E-state index contributed by atoms with van der Waals surface area (Å²) in [5, 5.41) is 12.2. The Balaban J connectivity index is 2.47. The monoisotopic (exact) mass is 294 g/mol. The van der Waals surface area contributed by atoms with Gasteiger partial charge in [0.05, 0.1) is 23.9 Å². The van der Waals surface area contributed by atoms with Gasteiger partial charge in [-0.3, -0.25) is 5.43 Å². The lowest BCUT2D eigenvalue weighted by Crippen LogP contribution is -2.22. The van der Waals surface area contributed by atoms with Crippen LogP contribution in [-0.2, 0) is 0 Å². The second kappa shape index (κ2) is 7.07. The number of halogens is 3. The summed E-state index contributed by atoms with van der Waals surface area (Å²) in [6.45, 7) is -0.178. The molecule has 1 unspecified atom stereocenters. The molecule has 0 aliphatic rings. The van der Waals surface area contributed by atoms with Gasteiger partial charge in [0.25, 0.3) is 0 Å². The number of nitrogens with one attached hydrogen (secondary N) is 1. The number of benzene rings is 1. The number of nitrogens with zero attached hydrogens (tertiary/aromatic N) is 1. The fourth-order valence-corrected chi connectivity index (χ4v) is 2.00. The van der Waals surface area contributed by atoms with Gasteiger partial charge in [-0.05, 0) is 12.1 Å². The minimum atomic E-state index is -1.20. The molecule has 3 nitrogen and oxygen atoms in total. The van der Waals surface area contributed by atoms with E-state index < -0.39 is 9.71 Å². The van der Waals surface area contributed by atoms with E-state index in [9.17, 15) is 0 Å². The van der Waals surface area contributed by atoms with Crippen molar-refractivity contribution in [1.29, 1.82) is 0 Å². The van der Waals surface area contributed by atoms with Crippen molar-refractivity contribution in [3.63, 3.8) is 0 Å². The summed E-state index contributed by atoms with van der Waals surface area (Å²) in [5.41, 5.74) is 3.62. The molecule has 94 valence electrons. The largest absolute Gasteiger partial charge is 0.395 e. The highest BCUT2D eigenvalue weighted by atomic mass is 35.5. The standard InChI is InChI=1S/C11H13Cl3N2O/c12-9(7-17)6-11(13,14)8-15-16-10-4-2-1-3-5-10/h1-5,8-9,16-17H,6-7H2/b15-8+. The van der Waals surface area contributed by atoms with E-state index in [1.165, 1.54) is 6.21 Å². The second-order valence-electron chi connectivity index (χ2n) is 3.48. The van der Waals surface area contributed by atoms with Gasteiger partial charge in [-0.2, -0.15) is 5.10 Å². The summed E-state index contributed by atoms with van der Waals surface area (Å²) in [4.78, 5) is 0. The average molecular weight is 296 g/mol. The molecule has 1 aromatic rings. The third kappa shape index (κ3) is 6.13. The van der Waals surface area contributed by atoms with Gasteiger partial charge in [-0.1, -0.05) is 41.4 Å². The third-order valence-electron chi connectivity index (χ3n) is 1.91. The predicted molar refractivity (Wildman–Crippen MR) is 74.3 cm³/mol. The van der Waals surface area contributed by atoms with Crippen molar-refractivity contribution < 1.29 is 5.11 Å². The van der Waals surface area contributed by atoms with Gasteiger partial charge in [0.2, 0.25) is 0 Å². The van der Waals surface area contributed by atoms with Crippen molar-refractivity contribution >= 4 is 46.7 Å². The lowest BCUT2D eigenvalue weighted by molar-refractivity contribution is 0.288. The van der Waals surface area contributed by atoms with Crippen LogP contribution in [0.2, 0.25) is 0 Å². The zero-order valence-corrected chi connectivity index (χ0v) is 11.3. The van der Waals surface area contributed by atoms with Gasteiger partial charge in [0.15, 0.2) is 4.33 Å². The predicted octanol–water partition coefficient (Wildman–Crippen LogP) is 3.25. The molecule has 0 fully saturated rings. The molecule has 1 aromatic carbocycles. The van der Waals surface area contributed by atoms with Crippen LogP contribution in [0.15, 0.2) is 35.4 Å². The van der Waals surface area contributed by atoms with E-state index in [2.05, 4.69) is 10.5 Å². The van der Waals surface area contributed by atoms with Gasteiger partial charge in [0, 0.05) is 6.42 Å². The maximum Gasteiger partial charge on any atom is 0.156 e. The highest BCUT2D eigenvalue weighted by molar-refractivity contribution is 6.56. The van der Waals surface area contributed by atoms with Gasteiger partial charge in [-0.15, -0.1) is 11.6 Å². The van der Waals surface area contributed by atoms with Crippen molar-refractivity contribution in [1.82, 2.24) is 0 Å². The number of rotatable bonds is 6. The molecule has 0 bridgehead atoms. The van der Waals surface area contributed by atoms with Crippen LogP contribution in [0.1, 0.15) is 6.42 Å². The Hall–Kier alpha value is -0.480. The maximum atomic E-state index is 8.79. The van der Waals surface area contributed by atoms with Crippen LogP contribution in [0.5, 0.6) is 0 Å². The molecule has 17 heavy (non-hydrogen) atoms. The van der Waals surface area contributed by atoms with Crippen molar-refractivity contribution in [2.45, 2.75) is 16.1 Å². The fourth-order valence-electron chi connectivity index (χ4n) is 1.13. The first-order valence-electron chi connectivity index (χ1n) is 5.01. The van der Waals surface area contributed by atoms with Gasteiger partial charge in [-0.25, -0.2) is 0 Å². The van der Waals surface area contributed by atoms with Crippen molar-refractivity contribution in [2.75, 3.05) is 12.0 Å². The number of anilines is 1. The SMILES string of the molecule is OCC(Cl)CC(Cl)(Cl)/C=N/Nc1ccccc1. The van der Waals surface area contributed by atoms with E-state index in [-0.39, 0.29) is 13.0 Å². The Bertz CT molecular complexity index is 357. The lowest BCUT2D eigenvalue weighted by Gasteiger charge is -2.16. The molecule has 0 spiro atoms. The highest BCUT2D eigenvalue weighted by Gasteiger charge is 2.25. The number of hydrogen-bond acceptors (Lipinski definition) is 3. The topological polar surface area (TPSA) is 44.6 Å². The molecule has 1 rings (SSSR count). The molecule has 0 aliphatic carbocycles. The first kappa shape index (κ1) is 14.6. The normalized spacial score (nSPS) is 13.9. The smallest absolute Gasteiger partial charge is 0.156 e. The quantitative estimate of drug-likeness (QED) is 0.481. The molecule has 1 atom stereocenters. The molecule has 0 saturated carbocycles. The van der Waals surface area contributed by atoms with E-state index in [1.807, 2.05) is 30.3 Å². The van der Waals surface area contributed by atoms with Gasteiger partial charge >= 0.3 is 0 Å². The van der Waals surface area contributed by atoms with Crippen LogP contribution in [0.25, 0.3) is 0 Å². The summed E-state index contributed by atoms with van der Waals surface area (Å²) in [7, 11) is 0. The summed E-state index contributed by atoms with van der Waals surface area (Å²) in [6.07, 6.45) is 1.57. The first-order valence-corrected chi connectivity index (χ1v) is 6.21. The van der Waals surface area contributed by atoms with E-state index in [1.54, 1.807) is 0 Å². The van der Waals surface area contributed by atoms with Crippen molar-refractivity contribution in [3.05, 3.63) is 30.3 Å². The summed E-state index contributed by atoms with van der Waals surface area (Å²) < 4.78 is -1.20. The van der Waals surface area contributed by atoms with E-state index in [0.717, 1.165) is 5.69 Å². The van der Waals surface area contributed by atoms with E-state index >= 15 is 0 Å². The molecule has 2 N–H and O–H groups in total. The first-order chi connectivity index (χ1) is 8.03. The van der Waals surface area contributed by atoms with Crippen molar-refractivity contribution in [3.8, 4) is 0 Å². The van der Waals surface area contributed by atoms with Gasteiger partial charge in [0.1, 0.15) is 0 Å².